The molecule has 0 saturated carbocycles. The maximum atomic E-state index is 12.8. The Balaban J connectivity index is 1.47. The molecule has 8 heteroatoms. The highest BCUT2D eigenvalue weighted by molar-refractivity contribution is 5.94. The molecule has 1 aromatic carbocycles. The van der Waals surface area contributed by atoms with Gasteiger partial charge in [0.15, 0.2) is 0 Å². The van der Waals surface area contributed by atoms with E-state index in [1.54, 1.807) is 43.2 Å². The minimum absolute atomic E-state index is 0.0124. The minimum atomic E-state index is -0.315. The van der Waals surface area contributed by atoms with Gasteiger partial charge in [0.25, 0.3) is 5.91 Å². The van der Waals surface area contributed by atoms with E-state index in [1.807, 2.05) is 9.80 Å². The highest BCUT2D eigenvalue weighted by Crippen LogP contribution is 2.23. The Morgan fingerprint density at radius 1 is 0.897 bits per heavy atom. The molecule has 0 aromatic heterocycles. The number of carbonyl (C=O) groups is 3. The molecule has 0 aliphatic carbocycles. The summed E-state index contributed by atoms with van der Waals surface area (Å²) in [5, 5.41) is 0. The summed E-state index contributed by atoms with van der Waals surface area (Å²) in [6.07, 6.45) is 1.02. The van der Waals surface area contributed by atoms with E-state index < -0.39 is 0 Å². The third kappa shape index (κ3) is 4.99. The van der Waals surface area contributed by atoms with E-state index in [9.17, 15) is 14.4 Å². The first kappa shape index (κ1) is 21.0. The third-order valence-electron chi connectivity index (χ3n) is 5.59. The third-order valence-corrected chi connectivity index (χ3v) is 5.59. The van der Waals surface area contributed by atoms with Gasteiger partial charge in [-0.1, -0.05) is 0 Å². The van der Waals surface area contributed by atoms with E-state index in [4.69, 9.17) is 9.47 Å². The van der Waals surface area contributed by atoms with Gasteiger partial charge in [-0.05, 0) is 44.0 Å². The number of piperidine rings is 1. The van der Waals surface area contributed by atoms with E-state index in [-0.39, 0.29) is 23.8 Å². The molecule has 3 amide bonds. The molecule has 29 heavy (non-hydrogen) atoms. The lowest BCUT2D eigenvalue weighted by Crippen LogP contribution is -2.53. The van der Waals surface area contributed by atoms with Gasteiger partial charge in [0.1, 0.15) is 5.75 Å². The zero-order chi connectivity index (χ0) is 20.8. The first-order chi connectivity index (χ1) is 14.0. The first-order valence-electron chi connectivity index (χ1n) is 10.2. The molecular formula is C21H29N3O5. The molecule has 0 radical (unpaired) electrons. The van der Waals surface area contributed by atoms with Crippen LogP contribution in [0.15, 0.2) is 24.3 Å². The van der Waals surface area contributed by atoms with E-state index in [0.29, 0.717) is 70.0 Å². The molecule has 3 rings (SSSR count). The molecule has 1 aromatic rings. The van der Waals surface area contributed by atoms with Crippen LogP contribution in [0.2, 0.25) is 0 Å². The van der Waals surface area contributed by atoms with Gasteiger partial charge in [0.05, 0.1) is 13.7 Å². The molecule has 8 nitrogen and oxygen atoms in total. The fourth-order valence-corrected chi connectivity index (χ4v) is 3.83. The van der Waals surface area contributed by atoms with Gasteiger partial charge in [-0.25, -0.2) is 4.79 Å². The summed E-state index contributed by atoms with van der Waals surface area (Å²) in [7, 11) is 1.59. The van der Waals surface area contributed by atoms with Crippen LogP contribution in [0.25, 0.3) is 0 Å². The maximum Gasteiger partial charge on any atom is 0.409 e. The second-order valence-corrected chi connectivity index (χ2v) is 7.31. The van der Waals surface area contributed by atoms with Crippen LogP contribution in [-0.4, -0.2) is 85.6 Å². The lowest BCUT2D eigenvalue weighted by Gasteiger charge is -2.38. The lowest BCUT2D eigenvalue weighted by molar-refractivity contribution is -0.138. The summed E-state index contributed by atoms with van der Waals surface area (Å²) in [6, 6.07) is 7.09. The Bertz CT molecular complexity index is 720. The van der Waals surface area contributed by atoms with Crippen LogP contribution in [0.3, 0.4) is 0 Å². The molecule has 158 valence electrons. The fraction of sp³-hybridized carbons (Fsp3) is 0.571. The van der Waals surface area contributed by atoms with Crippen LogP contribution < -0.4 is 4.74 Å². The van der Waals surface area contributed by atoms with Gasteiger partial charge in [-0.2, -0.15) is 0 Å². The normalized spacial score (nSPS) is 17.8. The van der Waals surface area contributed by atoms with Crippen LogP contribution in [0.1, 0.15) is 30.1 Å². The van der Waals surface area contributed by atoms with Crippen LogP contribution in [0, 0.1) is 5.92 Å². The molecule has 2 aliphatic heterocycles. The van der Waals surface area contributed by atoms with Crippen LogP contribution >= 0.6 is 0 Å². The maximum absolute atomic E-state index is 12.8. The lowest BCUT2D eigenvalue weighted by atomic mass is 9.94. The number of methoxy groups -OCH3 is 1. The van der Waals surface area contributed by atoms with E-state index in [2.05, 4.69) is 0 Å². The number of amides is 3. The largest absolute Gasteiger partial charge is 0.497 e. The highest BCUT2D eigenvalue weighted by atomic mass is 16.6. The van der Waals surface area contributed by atoms with Crippen molar-refractivity contribution < 1.29 is 23.9 Å². The molecule has 0 atom stereocenters. The molecular weight excluding hydrogens is 374 g/mol. The van der Waals surface area contributed by atoms with Crippen molar-refractivity contribution in [1.82, 2.24) is 14.7 Å². The summed E-state index contributed by atoms with van der Waals surface area (Å²) in [6.45, 7) is 5.34. The summed E-state index contributed by atoms with van der Waals surface area (Å²) in [5.41, 5.74) is 0.630. The Hall–Kier alpha value is -2.77. The van der Waals surface area contributed by atoms with Crippen LogP contribution in [0.5, 0.6) is 5.75 Å². The summed E-state index contributed by atoms with van der Waals surface area (Å²) < 4.78 is 10.1. The molecule has 2 heterocycles. The number of nitrogens with zero attached hydrogens (tertiary/aromatic N) is 3. The van der Waals surface area contributed by atoms with Crippen molar-refractivity contribution in [2.75, 3.05) is 53.0 Å². The summed E-state index contributed by atoms with van der Waals surface area (Å²) in [5.74, 6) is 0.768. The molecule has 0 N–H and O–H groups in total. The van der Waals surface area contributed by atoms with Crippen molar-refractivity contribution in [1.29, 1.82) is 0 Å². The smallest absolute Gasteiger partial charge is 0.409 e. The van der Waals surface area contributed by atoms with Crippen molar-refractivity contribution in [2.24, 2.45) is 5.92 Å². The van der Waals surface area contributed by atoms with Crippen molar-refractivity contribution in [3.63, 3.8) is 0 Å². The van der Waals surface area contributed by atoms with Crippen molar-refractivity contribution in [3.05, 3.63) is 29.8 Å². The Morgan fingerprint density at radius 3 is 2.03 bits per heavy atom. The second kappa shape index (κ2) is 9.62. The van der Waals surface area contributed by atoms with Gasteiger partial charge in [-0.3, -0.25) is 9.59 Å². The predicted octanol–water partition coefficient (Wildman–Crippen LogP) is 1.85. The van der Waals surface area contributed by atoms with Gasteiger partial charge >= 0.3 is 6.09 Å². The van der Waals surface area contributed by atoms with Crippen LogP contribution in [0.4, 0.5) is 4.79 Å². The fourth-order valence-electron chi connectivity index (χ4n) is 3.83. The average Bonchev–Trinajstić information content (AvgIpc) is 2.78. The number of benzene rings is 1. The van der Waals surface area contributed by atoms with Crippen LogP contribution in [-0.2, 0) is 9.53 Å². The minimum Gasteiger partial charge on any atom is -0.497 e. The summed E-state index contributed by atoms with van der Waals surface area (Å²) >= 11 is 0. The zero-order valence-corrected chi connectivity index (χ0v) is 17.1. The number of ether oxygens (including phenoxy) is 2. The number of piperazine rings is 1. The molecule has 2 saturated heterocycles. The van der Waals surface area contributed by atoms with Crippen molar-refractivity contribution in [2.45, 2.75) is 19.8 Å². The average molecular weight is 403 g/mol. The Labute approximate surface area is 171 Å². The number of likely N-dealkylation sites (tertiary alicyclic amines) is 1. The number of carbonyl (C=O) groups excluding carboxylic acids is 3. The van der Waals surface area contributed by atoms with Crippen molar-refractivity contribution >= 4 is 17.9 Å². The van der Waals surface area contributed by atoms with Crippen molar-refractivity contribution in [3.8, 4) is 5.75 Å². The van der Waals surface area contributed by atoms with E-state index in [1.165, 1.54) is 0 Å². The number of hydrogen-bond acceptors (Lipinski definition) is 5. The zero-order valence-electron chi connectivity index (χ0n) is 17.1. The van der Waals surface area contributed by atoms with E-state index >= 15 is 0 Å². The standard InChI is InChI=1S/C21H29N3O5/c1-3-29-21(27)24-14-12-23(13-15-24)20(26)17-8-10-22(11-9-17)19(25)16-4-6-18(28-2)7-5-16/h4-7,17H,3,8-15H2,1-2H3. The monoisotopic (exact) mass is 403 g/mol. The molecule has 0 spiro atoms. The van der Waals surface area contributed by atoms with Gasteiger partial charge in [-0.15, -0.1) is 0 Å². The van der Waals surface area contributed by atoms with Gasteiger partial charge < -0.3 is 24.2 Å². The topological polar surface area (TPSA) is 79.4 Å². The van der Waals surface area contributed by atoms with Gasteiger partial charge in [0.2, 0.25) is 5.91 Å². The molecule has 0 bridgehead atoms. The number of hydrogen-bond donors (Lipinski definition) is 0. The molecule has 2 fully saturated rings. The second-order valence-electron chi connectivity index (χ2n) is 7.31. The quantitative estimate of drug-likeness (QED) is 0.767. The Morgan fingerprint density at radius 2 is 1.48 bits per heavy atom. The molecule has 2 aliphatic rings. The van der Waals surface area contributed by atoms with Gasteiger partial charge in [0, 0.05) is 50.7 Å². The SMILES string of the molecule is CCOC(=O)N1CCN(C(=O)C2CCN(C(=O)c3ccc(OC)cc3)CC2)CC1. The highest BCUT2D eigenvalue weighted by Gasteiger charge is 2.32. The number of rotatable bonds is 4. The first-order valence-corrected chi connectivity index (χ1v) is 10.2. The predicted molar refractivity (Wildman–Crippen MR) is 107 cm³/mol. The molecule has 0 unspecified atom stereocenters. The van der Waals surface area contributed by atoms with E-state index in [0.717, 1.165) is 0 Å². The summed E-state index contributed by atoms with van der Waals surface area (Å²) in [4.78, 5) is 42.6. The Kier molecular flexibility index (Phi) is 6.95.